The number of rotatable bonds is 4. The molecule has 0 fully saturated rings. The Bertz CT molecular complexity index is 498. The SMILES string of the molecule is CCc1c[nH]c(=S)n1CCc1ccncc1. The molecule has 0 bridgehead atoms. The lowest BCUT2D eigenvalue weighted by Crippen LogP contribution is -2.05. The second kappa shape index (κ2) is 5.07. The first kappa shape index (κ1) is 11.1. The fraction of sp³-hybridized carbons (Fsp3) is 0.333. The lowest BCUT2D eigenvalue weighted by molar-refractivity contribution is 0.655. The Morgan fingerprint density at radius 3 is 2.81 bits per heavy atom. The first-order chi connectivity index (χ1) is 7.81. The Morgan fingerprint density at radius 2 is 2.12 bits per heavy atom. The van der Waals surface area contributed by atoms with Crippen LogP contribution in [0.25, 0.3) is 0 Å². The van der Waals surface area contributed by atoms with Crippen molar-refractivity contribution in [1.82, 2.24) is 14.5 Å². The number of nitrogens with zero attached hydrogens (tertiary/aromatic N) is 2. The molecular formula is C12H15N3S. The van der Waals surface area contributed by atoms with Crippen LogP contribution in [0.3, 0.4) is 0 Å². The average Bonchev–Trinajstić information content (AvgIpc) is 2.69. The number of hydrogen-bond acceptors (Lipinski definition) is 2. The van der Waals surface area contributed by atoms with Gasteiger partial charge >= 0.3 is 0 Å². The molecule has 3 nitrogen and oxygen atoms in total. The normalized spacial score (nSPS) is 10.6. The molecule has 0 aromatic carbocycles. The summed E-state index contributed by atoms with van der Waals surface area (Å²) in [6, 6.07) is 4.09. The predicted octanol–water partition coefficient (Wildman–Crippen LogP) is 2.75. The second-order valence-corrected chi connectivity index (χ2v) is 4.08. The highest BCUT2D eigenvalue weighted by molar-refractivity contribution is 7.71. The van der Waals surface area contributed by atoms with Gasteiger partial charge in [-0.3, -0.25) is 4.98 Å². The van der Waals surface area contributed by atoms with Gasteiger partial charge in [-0.25, -0.2) is 0 Å². The van der Waals surface area contributed by atoms with E-state index in [-0.39, 0.29) is 0 Å². The van der Waals surface area contributed by atoms with Crippen LogP contribution in [0.2, 0.25) is 0 Å². The zero-order chi connectivity index (χ0) is 11.4. The van der Waals surface area contributed by atoms with Gasteiger partial charge in [0.15, 0.2) is 4.77 Å². The van der Waals surface area contributed by atoms with Gasteiger partial charge in [0.2, 0.25) is 0 Å². The second-order valence-electron chi connectivity index (χ2n) is 3.70. The molecule has 2 aromatic rings. The molecule has 2 aromatic heterocycles. The van der Waals surface area contributed by atoms with E-state index in [2.05, 4.69) is 21.5 Å². The van der Waals surface area contributed by atoms with Crippen molar-refractivity contribution >= 4 is 12.2 Å². The molecule has 0 saturated heterocycles. The predicted molar refractivity (Wildman–Crippen MR) is 66.9 cm³/mol. The number of aromatic nitrogens is 3. The molecule has 0 spiro atoms. The summed E-state index contributed by atoms with van der Waals surface area (Å²) in [5.74, 6) is 0. The molecule has 1 N–H and O–H groups in total. The molecule has 16 heavy (non-hydrogen) atoms. The Hall–Kier alpha value is -1.42. The molecule has 0 unspecified atom stereocenters. The minimum Gasteiger partial charge on any atom is -0.337 e. The summed E-state index contributed by atoms with van der Waals surface area (Å²) >= 11 is 5.25. The minimum atomic E-state index is 0.811. The quantitative estimate of drug-likeness (QED) is 0.824. The van der Waals surface area contributed by atoms with Gasteiger partial charge in [-0.05, 0) is 42.8 Å². The molecule has 0 radical (unpaired) electrons. The van der Waals surface area contributed by atoms with Crippen LogP contribution in [0, 0.1) is 4.77 Å². The fourth-order valence-corrected chi connectivity index (χ4v) is 2.03. The van der Waals surface area contributed by atoms with Crippen molar-refractivity contribution in [2.45, 2.75) is 26.3 Å². The molecule has 0 saturated carbocycles. The van der Waals surface area contributed by atoms with E-state index in [9.17, 15) is 0 Å². The van der Waals surface area contributed by atoms with Crippen molar-refractivity contribution in [3.05, 3.63) is 46.8 Å². The van der Waals surface area contributed by atoms with Gasteiger partial charge in [0, 0.05) is 30.8 Å². The van der Waals surface area contributed by atoms with Crippen molar-refractivity contribution in [2.24, 2.45) is 0 Å². The topological polar surface area (TPSA) is 33.6 Å². The van der Waals surface area contributed by atoms with Crippen LogP contribution in [0.4, 0.5) is 0 Å². The molecule has 2 heterocycles. The standard InChI is InChI=1S/C12H15N3S/c1-2-11-9-14-12(16)15(11)8-5-10-3-6-13-7-4-10/h3-4,6-7,9H,2,5,8H2,1H3,(H,14,16). The number of imidazole rings is 1. The average molecular weight is 233 g/mol. The smallest absolute Gasteiger partial charge is 0.177 e. The summed E-state index contributed by atoms with van der Waals surface area (Å²) in [6.45, 7) is 3.07. The zero-order valence-corrected chi connectivity index (χ0v) is 10.1. The lowest BCUT2D eigenvalue weighted by Gasteiger charge is -2.06. The van der Waals surface area contributed by atoms with Crippen molar-refractivity contribution in [3.63, 3.8) is 0 Å². The van der Waals surface area contributed by atoms with Gasteiger partial charge in [0.25, 0.3) is 0 Å². The van der Waals surface area contributed by atoms with Crippen LogP contribution >= 0.6 is 12.2 Å². The molecule has 2 rings (SSSR count). The van der Waals surface area contributed by atoms with Crippen LogP contribution in [0.1, 0.15) is 18.2 Å². The zero-order valence-electron chi connectivity index (χ0n) is 9.31. The van der Waals surface area contributed by atoms with Crippen LogP contribution in [0.5, 0.6) is 0 Å². The largest absolute Gasteiger partial charge is 0.337 e. The van der Waals surface area contributed by atoms with E-state index in [4.69, 9.17) is 12.2 Å². The van der Waals surface area contributed by atoms with Gasteiger partial charge in [-0.1, -0.05) is 6.92 Å². The lowest BCUT2D eigenvalue weighted by atomic mass is 10.2. The van der Waals surface area contributed by atoms with Crippen LogP contribution in [-0.4, -0.2) is 14.5 Å². The van der Waals surface area contributed by atoms with E-state index in [0.717, 1.165) is 24.2 Å². The van der Waals surface area contributed by atoms with Crippen molar-refractivity contribution in [1.29, 1.82) is 0 Å². The van der Waals surface area contributed by atoms with Crippen molar-refractivity contribution in [3.8, 4) is 0 Å². The third-order valence-corrected chi connectivity index (χ3v) is 3.03. The Balaban J connectivity index is 2.10. The Morgan fingerprint density at radius 1 is 1.38 bits per heavy atom. The first-order valence-corrected chi connectivity index (χ1v) is 5.88. The maximum Gasteiger partial charge on any atom is 0.177 e. The van der Waals surface area contributed by atoms with E-state index in [0.29, 0.717) is 0 Å². The first-order valence-electron chi connectivity index (χ1n) is 5.47. The number of H-pyrrole nitrogens is 1. The highest BCUT2D eigenvalue weighted by Crippen LogP contribution is 2.06. The number of aromatic amines is 1. The summed E-state index contributed by atoms with van der Waals surface area (Å²) in [5.41, 5.74) is 2.55. The van der Waals surface area contributed by atoms with Gasteiger partial charge < -0.3 is 9.55 Å². The Labute approximate surface area is 100 Å². The summed E-state index contributed by atoms with van der Waals surface area (Å²) < 4.78 is 2.97. The maximum atomic E-state index is 5.25. The molecule has 0 aliphatic heterocycles. The number of hydrogen-bond donors (Lipinski definition) is 1. The molecular weight excluding hydrogens is 218 g/mol. The third kappa shape index (κ3) is 2.39. The molecule has 0 aliphatic carbocycles. The molecule has 4 heteroatoms. The van der Waals surface area contributed by atoms with E-state index in [1.165, 1.54) is 11.3 Å². The molecule has 84 valence electrons. The monoisotopic (exact) mass is 233 g/mol. The van der Waals surface area contributed by atoms with Crippen molar-refractivity contribution < 1.29 is 0 Å². The van der Waals surface area contributed by atoms with Gasteiger partial charge in [-0.15, -0.1) is 0 Å². The summed E-state index contributed by atoms with van der Waals surface area (Å²) in [6.07, 6.45) is 7.64. The van der Waals surface area contributed by atoms with E-state index in [1.807, 2.05) is 30.7 Å². The number of nitrogens with one attached hydrogen (secondary N) is 1. The van der Waals surface area contributed by atoms with Crippen LogP contribution in [0.15, 0.2) is 30.7 Å². The molecule has 0 atom stereocenters. The summed E-state index contributed by atoms with van der Waals surface area (Å²) in [5, 5.41) is 0. The summed E-state index contributed by atoms with van der Waals surface area (Å²) in [4.78, 5) is 7.10. The Kier molecular flexibility index (Phi) is 3.51. The van der Waals surface area contributed by atoms with E-state index in [1.54, 1.807) is 0 Å². The maximum absolute atomic E-state index is 5.25. The van der Waals surface area contributed by atoms with Gasteiger partial charge in [0.05, 0.1) is 0 Å². The number of pyridine rings is 1. The van der Waals surface area contributed by atoms with E-state index >= 15 is 0 Å². The third-order valence-electron chi connectivity index (χ3n) is 2.69. The van der Waals surface area contributed by atoms with E-state index < -0.39 is 0 Å². The van der Waals surface area contributed by atoms with Gasteiger partial charge in [0.1, 0.15) is 0 Å². The van der Waals surface area contributed by atoms with Crippen molar-refractivity contribution in [2.75, 3.05) is 0 Å². The molecule has 0 aliphatic rings. The minimum absolute atomic E-state index is 0.811. The fourth-order valence-electron chi connectivity index (χ4n) is 1.76. The van der Waals surface area contributed by atoms with Crippen LogP contribution < -0.4 is 0 Å². The highest BCUT2D eigenvalue weighted by Gasteiger charge is 2.01. The van der Waals surface area contributed by atoms with Crippen LogP contribution in [-0.2, 0) is 19.4 Å². The summed E-state index contributed by atoms with van der Waals surface area (Å²) in [7, 11) is 0. The molecule has 0 amide bonds. The highest BCUT2D eigenvalue weighted by atomic mass is 32.1. The van der Waals surface area contributed by atoms with Gasteiger partial charge in [-0.2, -0.15) is 0 Å². The number of aryl methyl sites for hydroxylation is 2.